The van der Waals surface area contributed by atoms with Gasteiger partial charge >= 0.3 is 0 Å². The van der Waals surface area contributed by atoms with Crippen molar-refractivity contribution in [2.24, 2.45) is 0 Å². The van der Waals surface area contributed by atoms with Gasteiger partial charge in [0.25, 0.3) is 0 Å². The summed E-state index contributed by atoms with van der Waals surface area (Å²) in [4.78, 5) is 10.8. The van der Waals surface area contributed by atoms with E-state index in [1.54, 1.807) is 13.0 Å². The molecule has 0 fully saturated rings. The van der Waals surface area contributed by atoms with Crippen LogP contribution in [0.3, 0.4) is 0 Å². The van der Waals surface area contributed by atoms with Crippen LogP contribution < -0.4 is 0 Å². The van der Waals surface area contributed by atoms with Crippen LogP contribution in [0.4, 0.5) is 0 Å². The van der Waals surface area contributed by atoms with Crippen LogP contribution in [0.1, 0.15) is 37.8 Å². The summed E-state index contributed by atoms with van der Waals surface area (Å²) in [5.41, 5.74) is 2.42. The van der Waals surface area contributed by atoms with E-state index in [0.29, 0.717) is 5.92 Å². The molecule has 0 amide bonds. The molecule has 0 spiro atoms. The second kappa shape index (κ2) is 4.75. The normalized spacial score (nSPS) is 11.1. The Kier molecular flexibility index (Phi) is 3.63. The zero-order chi connectivity index (χ0) is 10.6. The van der Waals surface area contributed by atoms with E-state index in [9.17, 15) is 4.79 Å². The molecule has 0 bridgehead atoms. The summed E-state index contributed by atoms with van der Waals surface area (Å²) in [7, 11) is 0. The predicted octanol–water partition coefficient (Wildman–Crippen LogP) is 3.41. The van der Waals surface area contributed by atoms with Crippen LogP contribution in [-0.4, -0.2) is 5.78 Å². The third kappa shape index (κ3) is 2.84. The molecule has 14 heavy (non-hydrogen) atoms. The molecule has 0 aliphatic heterocycles. The van der Waals surface area contributed by atoms with Crippen LogP contribution in [0.15, 0.2) is 30.3 Å². The van der Waals surface area contributed by atoms with Gasteiger partial charge in [-0.15, -0.1) is 0 Å². The van der Waals surface area contributed by atoms with Crippen molar-refractivity contribution in [3.05, 3.63) is 41.5 Å². The smallest absolute Gasteiger partial charge is 0.152 e. The third-order valence-electron chi connectivity index (χ3n) is 2.12. The Morgan fingerprint density at radius 1 is 1.29 bits per heavy atom. The van der Waals surface area contributed by atoms with Gasteiger partial charge in [0, 0.05) is 0 Å². The highest BCUT2D eigenvalue weighted by molar-refractivity contribution is 5.91. The van der Waals surface area contributed by atoms with Crippen molar-refractivity contribution >= 4 is 11.9 Å². The third-order valence-corrected chi connectivity index (χ3v) is 2.12. The molecule has 0 unspecified atom stereocenters. The molecule has 0 aliphatic rings. The first-order chi connectivity index (χ1) is 6.61. The Balaban J connectivity index is 3.01. The minimum absolute atomic E-state index is 0.0866. The molecule has 1 nitrogen and oxygen atoms in total. The Bertz CT molecular complexity index is 348. The summed E-state index contributed by atoms with van der Waals surface area (Å²) >= 11 is 0. The van der Waals surface area contributed by atoms with E-state index < -0.39 is 0 Å². The van der Waals surface area contributed by atoms with Crippen LogP contribution >= 0.6 is 0 Å². The summed E-state index contributed by atoms with van der Waals surface area (Å²) in [6, 6.07) is 8.16. The number of carbonyl (C=O) groups is 1. The summed E-state index contributed by atoms with van der Waals surface area (Å²) in [6.45, 7) is 5.87. The number of hydrogen-bond donors (Lipinski definition) is 0. The summed E-state index contributed by atoms with van der Waals surface area (Å²) in [5, 5.41) is 0. The van der Waals surface area contributed by atoms with Gasteiger partial charge in [-0.05, 0) is 30.0 Å². The van der Waals surface area contributed by atoms with Crippen LogP contribution in [0.25, 0.3) is 6.08 Å². The van der Waals surface area contributed by atoms with Crippen LogP contribution in [-0.2, 0) is 4.79 Å². The molecule has 1 aromatic rings. The number of rotatable bonds is 3. The lowest BCUT2D eigenvalue weighted by Crippen LogP contribution is -1.91. The van der Waals surface area contributed by atoms with Gasteiger partial charge in [-0.1, -0.05) is 44.2 Å². The van der Waals surface area contributed by atoms with E-state index in [-0.39, 0.29) is 5.78 Å². The lowest BCUT2D eigenvalue weighted by molar-refractivity contribution is -0.112. The minimum Gasteiger partial charge on any atom is -0.295 e. The van der Waals surface area contributed by atoms with E-state index in [2.05, 4.69) is 19.9 Å². The molecule has 74 valence electrons. The monoisotopic (exact) mass is 188 g/mol. The predicted molar refractivity (Wildman–Crippen MR) is 60.2 cm³/mol. The first-order valence-corrected chi connectivity index (χ1v) is 4.89. The SMILES string of the molecule is CC(=O)/C=C/c1ccccc1C(C)C. The Hall–Kier alpha value is -1.37. The van der Waals surface area contributed by atoms with Crippen molar-refractivity contribution < 1.29 is 4.79 Å². The number of ketones is 1. The quantitative estimate of drug-likeness (QED) is 0.664. The van der Waals surface area contributed by atoms with Crippen molar-refractivity contribution in [1.29, 1.82) is 0 Å². The average Bonchev–Trinajstić information content (AvgIpc) is 2.15. The lowest BCUT2D eigenvalue weighted by atomic mass is 9.97. The van der Waals surface area contributed by atoms with Crippen LogP contribution in [0.5, 0.6) is 0 Å². The maximum absolute atomic E-state index is 10.8. The van der Waals surface area contributed by atoms with E-state index in [4.69, 9.17) is 0 Å². The summed E-state index contributed by atoms with van der Waals surface area (Å²) in [6.07, 6.45) is 3.50. The van der Waals surface area contributed by atoms with Crippen molar-refractivity contribution in [3.8, 4) is 0 Å². The molecule has 0 radical (unpaired) electrons. The molecule has 0 heterocycles. The Labute approximate surface area is 85.5 Å². The van der Waals surface area contributed by atoms with E-state index in [1.165, 1.54) is 5.56 Å². The first-order valence-electron chi connectivity index (χ1n) is 4.89. The van der Waals surface area contributed by atoms with Gasteiger partial charge in [0.1, 0.15) is 0 Å². The molecule has 1 rings (SSSR count). The van der Waals surface area contributed by atoms with Crippen LogP contribution in [0, 0.1) is 0 Å². The average molecular weight is 188 g/mol. The van der Waals surface area contributed by atoms with Gasteiger partial charge in [-0.3, -0.25) is 4.79 Å². The van der Waals surface area contributed by atoms with Crippen molar-refractivity contribution in [3.63, 3.8) is 0 Å². The summed E-state index contributed by atoms with van der Waals surface area (Å²) in [5.74, 6) is 0.575. The molecule has 1 aromatic carbocycles. The van der Waals surface area contributed by atoms with Gasteiger partial charge in [-0.2, -0.15) is 0 Å². The molecule has 0 atom stereocenters. The molecule has 0 saturated carbocycles. The standard InChI is InChI=1S/C13H16O/c1-10(2)13-7-5-4-6-12(13)9-8-11(3)14/h4-10H,1-3H3/b9-8+. The topological polar surface area (TPSA) is 17.1 Å². The fraction of sp³-hybridized carbons (Fsp3) is 0.308. The molecule has 0 saturated heterocycles. The molecular formula is C13H16O. The minimum atomic E-state index is 0.0866. The molecule has 0 aromatic heterocycles. The zero-order valence-electron chi connectivity index (χ0n) is 8.95. The van der Waals surface area contributed by atoms with Gasteiger partial charge in [0.2, 0.25) is 0 Å². The van der Waals surface area contributed by atoms with Gasteiger partial charge < -0.3 is 0 Å². The van der Waals surface area contributed by atoms with E-state index in [0.717, 1.165) is 5.56 Å². The Morgan fingerprint density at radius 2 is 1.93 bits per heavy atom. The Morgan fingerprint density at radius 3 is 2.50 bits per heavy atom. The maximum atomic E-state index is 10.8. The highest BCUT2D eigenvalue weighted by Crippen LogP contribution is 2.20. The van der Waals surface area contributed by atoms with Gasteiger partial charge in [0.05, 0.1) is 0 Å². The second-order valence-electron chi connectivity index (χ2n) is 3.73. The molecule has 1 heteroatoms. The molecule has 0 aliphatic carbocycles. The summed E-state index contributed by atoms with van der Waals surface area (Å²) < 4.78 is 0. The van der Waals surface area contributed by atoms with Gasteiger partial charge in [0.15, 0.2) is 5.78 Å². The number of allylic oxidation sites excluding steroid dienone is 1. The van der Waals surface area contributed by atoms with Gasteiger partial charge in [-0.25, -0.2) is 0 Å². The maximum Gasteiger partial charge on any atom is 0.152 e. The largest absolute Gasteiger partial charge is 0.295 e. The first kappa shape index (κ1) is 10.7. The highest BCUT2D eigenvalue weighted by atomic mass is 16.1. The van der Waals surface area contributed by atoms with Crippen molar-refractivity contribution in [2.45, 2.75) is 26.7 Å². The lowest BCUT2D eigenvalue weighted by Gasteiger charge is -2.08. The second-order valence-corrected chi connectivity index (χ2v) is 3.73. The molecule has 0 N–H and O–H groups in total. The zero-order valence-corrected chi connectivity index (χ0v) is 8.95. The number of hydrogen-bond acceptors (Lipinski definition) is 1. The highest BCUT2D eigenvalue weighted by Gasteiger charge is 2.02. The van der Waals surface area contributed by atoms with Crippen molar-refractivity contribution in [2.75, 3.05) is 0 Å². The van der Waals surface area contributed by atoms with E-state index in [1.807, 2.05) is 24.3 Å². The molecular weight excluding hydrogens is 172 g/mol. The van der Waals surface area contributed by atoms with E-state index >= 15 is 0 Å². The van der Waals surface area contributed by atoms with Crippen LogP contribution in [0.2, 0.25) is 0 Å². The van der Waals surface area contributed by atoms with Crippen molar-refractivity contribution in [1.82, 2.24) is 0 Å². The fourth-order valence-electron chi connectivity index (χ4n) is 1.40. The number of benzene rings is 1. The number of carbonyl (C=O) groups excluding carboxylic acids is 1. The fourth-order valence-corrected chi connectivity index (χ4v) is 1.40.